The van der Waals surface area contributed by atoms with Crippen molar-refractivity contribution in [2.24, 2.45) is 0 Å². The molecule has 148 valence electrons. The predicted octanol–water partition coefficient (Wildman–Crippen LogP) is 3.91. The monoisotopic (exact) mass is 388 g/mol. The van der Waals surface area contributed by atoms with Gasteiger partial charge in [0.2, 0.25) is 0 Å². The fourth-order valence-corrected chi connectivity index (χ4v) is 3.08. The molecule has 1 aromatic carbocycles. The molecule has 0 amide bonds. The van der Waals surface area contributed by atoms with E-state index in [1.807, 2.05) is 0 Å². The van der Waals surface area contributed by atoms with E-state index in [0.29, 0.717) is 55.2 Å². The molecule has 0 fully saturated rings. The second-order valence-electron chi connectivity index (χ2n) is 6.27. The van der Waals surface area contributed by atoms with Gasteiger partial charge in [-0.05, 0) is 19.8 Å². The van der Waals surface area contributed by atoms with Crippen LogP contribution in [-0.4, -0.2) is 39.9 Å². The molecule has 0 aliphatic heterocycles. The fraction of sp³-hybridized carbons (Fsp3) is 0.350. The van der Waals surface area contributed by atoms with Crippen LogP contribution < -0.4 is 4.74 Å². The molecule has 0 bridgehead atoms. The highest BCUT2D eigenvalue weighted by atomic mass is 19.1. The lowest BCUT2D eigenvalue weighted by Crippen LogP contribution is -2.09. The number of nitrogens with zero attached hydrogens (tertiary/aromatic N) is 4. The molecule has 0 aliphatic carbocycles. The van der Waals surface area contributed by atoms with E-state index in [9.17, 15) is 8.78 Å². The van der Waals surface area contributed by atoms with Gasteiger partial charge in [-0.3, -0.25) is 0 Å². The Hall–Kier alpha value is -2.87. The van der Waals surface area contributed by atoms with E-state index < -0.39 is 11.6 Å². The van der Waals surface area contributed by atoms with Crippen LogP contribution in [0, 0.1) is 18.6 Å². The van der Waals surface area contributed by atoms with Crippen molar-refractivity contribution in [1.29, 1.82) is 0 Å². The van der Waals surface area contributed by atoms with Gasteiger partial charge in [0, 0.05) is 37.8 Å². The van der Waals surface area contributed by atoms with Crippen molar-refractivity contribution in [2.75, 3.05) is 20.3 Å². The third-order valence-corrected chi connectivity index (χ3v) is 4.32. The lowest BCUT2D eigenvalue weighted by atomic mass is 9.98. The largest absolute Gasteiger partial charge is 0.493 e. The van der Waals surface area contributed by atoms with Crippen LogP contribution in [0.1, 0.15) is 24.2 Å². The number of hydrogen-bond donors (Lipinski definition) is 0. The van der Waals surface area contributed by atoms with E-state index in [-0.39, 0.29) is 11.3 Å². The maximum atomic E-state index is 14.9. The highest BCUT2D eigenvalue weighted by molar-refractivity contribution is 5.71. The first-order valence-electron chi connectivity index (χ1n) is 8.98. The Kier molecular flexibility index (Phi) is 6.30. The molecular formula is C20H22F2N4O2. The minimum absolute atomic E-state index is 0.134. The number of rotatable bonds is 9. The summed E-state index contributed by atoms with van der Waals surface area (Å²) in [6.45, 7) is 6.25. The highest BCUT2D eigenvalue weighted by Crippen LogP contribution is 2.34. The molecule has 0 aliphatic rings. The van der Waals surface area contributed by atoms with Gasteiger partial charge in [-0.1, -0.05) is 6.08 Å². The number of halogens is 2. The fourth-order valence-electron chi connectivity index (χ4n) is 3.08. The number of methoxy groups -OCH3 is 1. The number of benzene rings is 1. The number of hydrogen-bond acceptors (Lipinski definition) is 5. The standard InChI is InChI=1S/C20H22F2N4O2/c1-4-5-7-17-18(13(2)25-20-23-12-24-26(17)20)19-15(21)10-14(11-16(19)22)28-9-6-8-27-3/h4,10-12H,1,5-9H2,2-3H3. The van der Waals surface area contributed by atoms with Crippen molar-refractivity contribution in [3.63, 3.8) is 0 Å². The third kappa shape index (κ3) is 4.01. The number of allylic oxidation sites excluding steroid dienone is 1. The van der Waals surface area contributed by atoms with Crippen LogP contribution in [0.25, 0.3) is 16.9 Å². The van der Waals surface area contributed by atoms with E-state index in [1.54, 1.807) is 20.1 Å². The molecule has 0 saturated heterocycles. The van der Waals surface area contributed by atoms with Crippen LogP contribution in [0.15, 0.2) is 31.1 Å². The summed E-state index contributed by atoms with van der Waals surface area (Å²) in [6, 6.07) is 2.38. The summed E-state index contributed by atoms with van der Waals surface area (Å²) < 4.78 is 41.8. The van der Waals surface area contributed by atoms with Gasteiger partial charge in [-0.15, -0.1) is 6.58 Å². The second-order valence-corrected chi connectivity index (χ2v) is 6.27. The van der Waals surface area contributed by atoms with Gasteiger partial charge in [0.25, 0.3) is 5.78 Å². The average Bonchev–Trinajstić information content (AvgIpc) is 3.12. The van der Waals surface area contributed by atoms with Crippen LogP contribution >= 0.6 is 0 Å². The first kappa shape index (κ1) is 19.9. The molecule has 28 heavy (non-hydrogen) atoms. The summed E-state index contributed by atoms with van der Waals surface area (Å²) in [5.41, 5.74) is 1.34. The van der Waals surface area contributed by atoms with Crippen LogP contribution in [0.5, 0.6) is 5.75 Å². The SMILES string of the molecule is C=CCCc1c(-c2c(F)cc(OCCCOC)cc2F)c(C)nc2ncnn12. The normalized spacial score (nSPS) is 11.1. The Labute approximate surface area is 161 Å². The second kappa shape index (κ2) is 8.88. The predicted molar refractivity (Wildman–Crippen MR) is 101 cm³/mol. The Morgan fingerprint density at radius 1 is 1.18 bits per heavy atom. The molecule has 0 saturated carbocycles. The highest BCUT2D eigenvalue weighted by Gasteiger charge is 2.22. The van der Waals surface area contributed by atoms with Crippen molar-refractivity contribution < 1.29 is 18.3 Å². The van der Waals surface area contributed by atoms with E-state index in [4.69, 9.17) is 9.47 Å². The third-order valence-electron chi connectivity index (χ3n) is 4.32. The Balaban J connectivity index is 2.06. The van der Waals surface area contributed by atoms with Gasteiger partial charge in [-0.2, -0.15) is 10.1 Å². The minimum atomic E-state index is -0.717. The smallest absolute Gasteiger partial charge is 0.252 e. The van der Waals surface area contributed by atoms with Gasteiger partial charge in [0.1, 0.15) is 23.7 Å². The summed E-state index contributed by atoms with van der Waals surface area (Å²) in [7, 11) is 1.58. The zero-order valence-corrected chi connectivity index (χ0v) is 15.9. The summed E-state index contributed by atoms with van der Waals surface area (Å²) in [5, 5.41) is 4.16. The maximum Gasteiger partial charge on any atom is 0.252 e. The van der Waals surface area contributed by atoms with Crippen molar-refractivity contribution in [3.8, 4) is 16.9 Å². The van der Waals surface area contributed by atoms with Crippen LogP contribution in [0.4, 0.5) is 8.78 Å². The van der Waals surface area contributed by atoms with Gasteiger partial charge in [0.05, 0.1) is 23.6 Å². The van der Waals surface area contributed by atoms with Crippen LogP contribution in [0.3, 0.4) is 0 Å². The number of aryl methyl sites for hydroxylation is 2. The zero-order valence-electron chi connectivity index (χ0n) is 15.9. The molecule has 0 spiro atoms. The quantitative estimate of drug-likeness (QED) is 0.411. The minimum Gasteiger partial charge on any atom is -0.493 e. The first-order valence-corrected chi connectivity index (χ1v) is 8.98. The van der Waals surface area contributed by atoms with Gasteiger partial charge in [-0.25, -0.2) is 18.3 Å². The van der Waals surface area contributed by atoms with Crippen LogP contribution in [-0.2, 0) is 11.2 Å². The molecule has 0 atom stereocenters. The lowest BCUT2D eigenvalue weighted by Gasteiger charge is -2.16. The Morgan fingerprint density at radius 2 is 1.93 bits per heavy atom. The Bertz CT molecular complexity index is 965. The molecule has 8 heteroatoms. The molecule has 2 heterocycles. The molecule has 0 unspecified atom stereocenters. The van der Waals surface area contributed by atoms with E-state index in [1.165, 1.54) is 23.0 Å². The average molecular weight is 388 g/mol. The van der Waals surface area contributed by atoms with Crippen molar-refractivity contribution in [1.82, 2.24) is 19.6 Å². The molecule has 2 aromatic heterocycles. The zero-order chi connectivity index (χ0) is 20.1. The van der Waals surface area contributed by atoms with Crippen molar-refractivity contribution in [3.05, 3.63) is 54.1 Å². The number of ether oxygens (including phenoxy) is 2. The molecule has 0 radical (unpaired) electrons. The van der Waals surface area contributed by atoms with Crippen LogP contribution in [0.2, 0.25) is 0 Å². The van der Waals surface area contributed by atoms with Gasteiger partial charge in [0.15, 0.2) is 0 Å². The lowest BCUT2D eigenvalue weighted by molar-refractivity contribution is 0.172. The molecular weight excluding hydrogens is 366 g/mol. The van der Waals surface area contributed by atoms with Crippen molar-refractivity contribution in [2.45, 2.75) is 26.2 Å². The van der Waals surface area contributed by atoms with Gasteiger partial charge >= 0.3 is 0 Å². The summed E-state index contributed by atoms with van der Waals surface area (Å²) in [4.78, 5) is 8.43. The van der Waals surface area contributed by atoms with E-state index in [2.05, 4.69) is 21.6 Å². The van der Waals surface area contributed by atoms with E-state index in [0.717, 1.165) is 0 Å². The molecule has 6 nitrogen and oxygen atoms in total. The van der Waals surface area contributed by atoms with Crippen molar-refractivity contribution >= 4 is 5.78 Å². The Morgan fingerprint density at radius 3 is 2.61 bits per heavy atom. The van der Waals surface area contributed by atoms with E-state index >= 15 is 0 Å². The molecule has 0 N–H and O–H groups in total. The topological polar surface area (TPSA) is 61.5 Å². The molecule has 3 aromatic rings. The number of aromatic nitrogens is 4. The summed E-state index contributed by atoms with van der Waals surface area (Å²) >= 11 is 0. The molecule has 3 rings (SSSR count). The summed E-state index contributed by atoms with van der Waals surface area (Å²) in [6.07, 6.45) is 4.85. The summed E-state index contributed by atoms with van der Waals surface area (Å²) in [5.74, 6) is -0.911. The number of fused-ring (bicyclic) bond motifs is 1. The maximum absolute atomic E-state index is 14.9. The van der Waals surface area contributed by atoms with Gasteiger partial charge < -0.3 is 9.47 Å². The first-order chi connectivity index (χ1) is 13.6.